The molecule has 0 aliphatic rings. The summed E-state index contributed by atoms with van der Waals surface area (Å²) in [6.07, 6.45) is 6.80. The zero-order valence-electron chi connectivity index (χ0n) is 8.36. The van der Waals surface area contributed by atoms with Gasteiger partial charge in [-0.1, -0.05) is 12.2 Å². The maximum Gasteiger partial charge on any atom is 0.302 e. The van der Waals surface area contributed by atoms with Crippen LogP contribution in [0.2, 0.25) is 0 Å². The van der Waals surface area contributed by atoms with E-state index in [2.05, 4.69) is 9.47 Å². The van der Waals surface area contributed by atoms with Crippen molar-refractivity contribution in [1.82, 2.24) is 0 Å². The summed E-state index contributed by atoms with van der Waals surface area (Å²) < 4.78 is 9.28. The predicted octanol–water partition coefficient (Wildman–Crippen LogP) is 1.22. The highest BCUT2D eigenvalue weighted by Gasteiger charge is 1.86. The third kappa shape index (κ3) is 10.4. The monoisotopic (exact) mass is 198 g/mol. The lowest BCUT2D eigenvalue weighted by Crippen LogP contribution is -1.97. The molecule has 0 fully saturated rings. The molecule has 14 heavy (non-hydrogen) atoms. The Bertz CT molecular complexity index is 215. The quantitative estimate of drug-likeness (QED) is 0.492. The highest BCUT2D eigenvalue weighted by atomic mass is 16.5. The van der Waals surface area contributed by atoms with E-state index in [-0.39, 0.29) is 25.2 Å². The number of esters is 2. The van der Waals surface area contributed by atoms with E-state index in [1.165, 1.54) is 13.8 Å². The van der Waals surface area contributed by atoms with Crippen LogP contribution in [0.5, 0.6) is 0 Å². The molecule has 0 rings (SSSR count). The summed E-state index contributed by atoms with van der Waals surface area (Å²) >= 11 is 0. The molecule has 0 N–H and O–H groups in total. The van der Waals surface area contributed by atoms with Gasteiger partial charge in [0.05, 0.1) is 0 Å². The molecule has 0 heterocycles. The van der Waals surface area contributed by atoms with Crippen molar-refractivity contribution >= 4 is 11.9 Å². The van der Waals surface area contributed by atoms with Gasteiger partial charge in [0.15, 0.2) is 0 Å². The molecule has 0 amide bonds. The fraction of sp³-hybridized carbons (Fsp3) is 0.400. The maximum absolute atomic E-state index is 10.3. The standard InChI is InChI=1S/C10H14O4/c1-9(11)13-7-5-3-4-6-8-14-10(2)12/h3-6H,7-8H2,1-2H3. The largest absolute Gasteiger partial charge is 0.462 e. The van der Waals surface area contributed by atoms with Crippen LogP contribution in [-0.2, 0) is 19.1 Å². The number of carbonyl (C=O) groups is 2. The molecule has 4 nitrogen and oxygen atoms in total. The Balaban J connectivity index is 3.41. The molecule has 0 atom stereocenters. The van der Waals surface area contributed by atoms with E-state index in [0.717, 1.165) is 0 Å². The zero-order valence-corrected chi connectivity index (χ0v) is 8.36. The van der Waals surface area contributed by atoms with Crippen LogP contribution in [-0.4, -0.2) is 25.2 Å². The van der Waals surface area contributed by atoms with E-state index < -0.39 is 0 Å². The minimum atomic E-state index is -0.307. The molecular weight excluding hydrogens is 184 g/mol. The minimum absolute atomic E-state index is 0.257. The molecule has 0 aliphatic heterocycles. The average Bonchev–Trinajstić information content (AvgIpc) is 2.08. The fourth-order valence-electron chi connectivity index (χ4n) is 0.599. The highest BCUT2D eigenvalue weighted by Crippen LogP contribution is 1.83. The van der Waals surface area contributed by atoms with Crippen LogP contribution in [0.1, 0.15) is 13.8 Å². The lowest BCUT2D eigenvalue weighted by Gasteiger charge is -1.94. The summed E-state index contributed by atoms with van der Waals surface area (Å²) in [7, 11) is 0. The van der Waals surface area contributed by atoms with Crippen LogP contribution in [0.25, 0.3) is 0 Å². The number of hydrogen-bond donors (Lipinski definition) is 0. The number of carbonyl (C=O) groups excluding carboxylic acids is 2. The average molecular weight is 198 g/mol. The third-order valence-corrected chi connectivity index (χ3v) is 1.15. The Hall–Kier alpha value is -1.58. The molecule has 0 saturated carbocycles. The molecule has 0 aliphatic carbocycles. The molecule has 0 aromatic rings. The van der Waals surface area contributed by atoms with Crippen molar-refractivity contribution in [2.75, 3.05) is 13.2 Å². The molecule has 0 saturated heterocycles. The smallest absolute Gasteiger partial charge is 0.302 e. The van der Waals surface area contributed by atoms with Crippen molar-refractivity contribution in [2.24, 2.45) is 0 Å². The highest BCUT2D eigenvalue weighted by molar-refractivity contribution is 5.66. The Morgan fingerprint density at radius 1 is 0.929 bits per heavy atom. The lowest BCUT2D eigenvalue weighted by molar-refractivity contribution is -0.140. The Kier molecular flexibility index (Phi) is 7.13. The Morgan fingerprint density at radius 3 is 1.57 bits per heavy atom. The van der Waals surface area contributed by atoms with E-state index in [1.807, 2.05) is 0 Å². The van der Waals surface area contributed by atoms with E-state index in [1.54, 1.807) is 24.3 Å². The van der Waals surface area contributed by atoms with E-state index in [4.69, 9.17) is 0 Å². The molecule has 0 aromatic carbocycles. The van der Waals surface area contributed by atoms with Crippen LogP contribution < -0.4 is 0 Å². The minimum Gasteiger partial charge on any atom is -0.462 e. The van der Waals surface area contributed by atoms with Gasteiger partial charge in [0.1, 0.15) is 13.2 Å². The van der Waals surface area contributed by atoms with Crippen LogP contribution in [0.4, 0.5) is 0 Å². The van der Waals surface area contributed by atoms with Crippen LogP contribution in [0, 0.1) is 0 Å². The SMILES string of the molecule is CC(=O)OCC=CC=CCOC(C)=O. The summed E-state index contributed by atoms with van der Waals surface area (Å²) in [6.45, 7) is 3.22. The number of hydrogen-bond acceptors (Lipinski definition) is 4. The number of allylic oxidation sites excluding steroid dienone is 2. The molecular formula is C10H14O4. The molecule has 0 aromatic heterocycles. The first kappa shape index (κ1) is 12.4. The van der Waals surface area contributed by atoms with E-state index in [0.29, 0.717) is 0 Å². The molecule has 0 radical (unpaired) electrons. The molecule has 0 bridgehead atoms. The van der Waals surface area contributed by atoms with Gasteiger partial charge in [-0.05, 0) is 12.2 Å². The summed E-state index contributed by atoms with van der Waals surface area (Å²) in [4.78, 5) is 20.6. The van der Waals surface area contributed by atoms with Crippen LogP contribution in [0.15, 0.2) is 24.3 Å². The maximum atomic E-state index is 10.3. The molecule has 78 valence electrons. The van der Waals surface area contributed by atoms with Gasteiger partial charge in [-0.25, -0.2) is 0 Å². The molecule has 0 spiro atoms. The second-order valence-corrected chi connectivity index (χ2v) is 2.46. The lowest BCUT2D eigenvalue weighted by atomic mass is 10.4. The van der Waals surface area contributed by atoms with Gasteiger partial charge in [-0.3, -0.25) is 9.59 Å². The number of rotatable bonds is 5. The first-order valence-electron chi connectivity index (χ1n) is 4.21. The van der Waals surface area contributed by atoms with Gasteiger partial charge in [0, 0.05) is 13.8 Å². The van der Waals surface area contributed by atoms with Crippen molar-refractivity contribution < 1.29 is 19.1 Å². The second-order valence-electron chi connectivity index (χ2n) is 2.46. The Labute approximate surface area is 83.2 Å². The predicted molar refractivity (Wildman–Crippen MR) is 51.5 cm³/mol. The zero-order chi connectivity index (χ0) is 10.8. The molecule has 0 unspecified atom stereocenters. The summed E-state index contributed by atoms with van der Waals surface area (Å²) in [5.41, 5.74) is 0. The van der Waals surface area contributed by atoms with E-state index >= 15 is 0 Å². The van der Waals surface area contributed by atoms with Gasteiger partial charge in [0.25, 0.3) is 0 Å². The normalized spacial score (nSPS) is 10.7. The van der Waals surface area contributed by atoms with Crippen LogP contribution in [0.3, 0.4) is 0 Å². The van der Waals surface area contributed by atoms with Gasteiger partial charge in [-0.15, -0.1) is 0 Å². The fourth-order valence-corrected chi connectivity index (χ4v) is 0.599. The van der Waals surface area contributed by atoms with Crippen molar-refractivity contribution in [3.63, 3.8) is 0 Å². The van der Waals surface area contributed by atoms with Gasteiger partial charge in [-0.2, -0.15) is 0 Å². The third-order valence-electron chi connectivity index (χ3n) is 1.15. The summed E-state index contributed by atoms with van der Waals surface area (Å²) in [5, 5.41) is 0. The second kappa shape index (κ2) is 8.04. The van der Waals surface area contributed by atoms with E-state index in [9.17, 15) is 9.59 Å². The number of ether oxygens (including phenoxy) is 2. The van der Waals surface area contributed by atoms with Crippen molar-refractivity contribution in [3.05, 3.63) is 24.3 Å². The topological polar surface area (TPSA) is 52.6 Å². The summed E-state index contributed by atoms with van der Waals surface area (Å²) in [6, 6.07) is 0. The van der Waals surface area contributed by atoms with Crippen molar-refractivity contribution in [1.29, 1.82) is 0 Å². The first-order valence-corrected chi connectivity index (χ1v) is 4.21. The summed E-state index contributed by atoms with van der Waals surface area (Å²) in [5.74, 6) is -0.614. The van der Waals surface area contributed by atoms with Crippen molar-refractivity contribution in [2.45, 2.75) is 13.8 Å². The molecule has 4 heteroatoms. The van der Waals surface area contributed by atoms with Gasteiger partial charge < -0.3 is 9.47 Å². The van der Waals surface area contributed by atoms with Crippen molar-refractivity contribution in [3.8, 4) is 0 Å². The Morgan fingerprint density at radius 2 is 1.29 bits per heavy atom. The van der Waals surface area contributed by atoms with Crippen LogP contribution >= 0.6 is 0 Å². The first-order chi connectivity index (χ1) is 6.63. The van der Waals surface area contributed by atoms with Gasteiger partial charge in [0.2, 0.25) is 0 Å². The van der Waals surface area contributed by atoms with Gasteiger partial charge >= 0.3 is 11.9 Å².